The highest BCUT2D eigenvalue weighted by molar-refractivity contribution is 5.90. The van der Waals surface area contributed by atoms with E-state index in [1.165, 1.54) is 7.11 Å². The van der Waals surface area contributed by atoms with Gasteiger partial charge in [-0.15, -0.1) is 0 Å². The van der Waals surface area contributed by atoms with E-state index in [9.17, 15) is 4.79 Å². The van der Waals surface area contributed by atoms with Gasteiger partial charge in [-0.25, -0.2) is 4.79 Å². The Morgan fingerprint density at radius 2 is 1.75 bits per heavy atom. The average molecular weight is 325 g/mol. The SMILES string of the molecule is CCC(ON=C(C)C)c1ccccc1-c1ccc(C(=O)OC)cc1. The van der Waals surface area contributed by atoms with Crippen LogP contribution in [0.2, 0.25) is 0 Å². The number of carbonyl (C=O) groups excluding carboxylic acids is 1. The van der Waals surface area contributed by atoms with E-state index < -0.39 is 0 Å². The minimum absolute atomic E-state index is 0.114. The van der Waals surface area contributed by atoms with Crippen LogP contribution in [-0.4, -0.2) is 18.8 Å². The third-order valence-electron chi connectivity index (χ3n) is 3.66. The van der Waals surface area contributed by atoms with Crippen molar-refractivity contribution in [3.63, 3.8) is 0 Å². The van der Waals surface area contributed by atoms with Gasteiger partial charge in [0.15, 0.2) is 6.10 Å². The summed E-state index contributed by atoms with van der Waals surface area (Å²) in [7, 11) is 1.38. The first-order valence-electron chi connectivity index (χ1n) is 8.01. The molecule has 2 aromatic rings. The summed E-state index contributed by atoms with van der Waals surface area (Å²) in [6.07, 6.45) is 0.699. The van der Waals surface area contributed by atoms with Crippen LogP contribution in [0.3, 0.4) is 0 Å². The van der Waals surface area contributed by atoms with Gasteiger partial charge in [0.2, 0.25) is 0 Å². The molecule has 2 rings (SSSR count). The van der Waals surface area contributed by atoms with Crippen LogP contribution < -0.4 is 0 Å². The lowest BCUT2D eigenvalue weighted by Crippen LogP contribution is -2.03. The summed E-state index contributed by atoms with van der Waals surface area (Å²) in [5, 5.41) is 4.11. The Balaban J connectivity index is 2.37. The van der Waals surface area contributed by atoms with Gasteiger partial charge < -0.3 is 9.57 Å². The molecular weight excluding hydrogens is 302 g/mol. The molecule has 0 aromatic heterocycles. The molecule has 126 valence electrons. The number of methoxy groups -OCH3 is 1. The molecule has 24 heavy (non-hydrogen) atoms. The maximum Gasteiger partial charge on any atom is 0.337 e. The fraction of sp³-hybridized carbons (Fsp3) is 0.300. The topological polar surface area (TPSA) is 47.9 Å². The number of hydrogen-bond donors (Lipinski definition) is 0. The zero-order chi connectivity index (χ0) is 17.5. The summed E-state index contributed by atoms with van der Waals surface area (Å²) >= 11 is 0. The maximum absolute atomic E-state index is 11.6. The Kier molecular flexibility index (Phi) is 6.13. The quantitative estimate of drug-likeness (QED) is 0.426. The van der Waals surface area contributed by atoms with Gasteiger partial charge >= 0.3 is 5.97 Å². The summed E-state index contributed by atoms with van der Waals surface area (Å²) in [5.41, 5.74) is 4.60. The van der Waals surface area contributed by atoms with Crippen molar-refractivity contribution in [2.45, 2.75) is 33.3 Å². The van der Waals surface area contributed by atoms with E-state index in [-0.39, 0.29) is 12.1 Å². The van der Waals surface area contributed by atoms with Crippen molar-refractivity contribution in [1.29, 1.82) is 0 Å². The molecule has 4 heteroatoms. The van der Waals surface area contributed by atoms with E-state index in [1.807, 2.05) is 38.1 Å². The highest BCUT2D eigenvalue weighted by Gasteiger charge is 2.16. The lowest BCUT2D eigenvalue weighted by molar-refractivity contribution is 0.0558. The number of benzene rings is 2. The molecule has 0 bridgehead atoms. The van der Waals surface area contributed by atoms with Gasteiger partial charge in [0.1, 0.15) is 0 Å². The van der Waals surface area contributed by atoms with Gasteiger partial charge in [-0.3, -0.25) is 0 Å². The molecule has 0 aliphatic rings. The van der Waals surface area contributed by atoms with E-state index in [0.717, 1.165) is 28.8 Å². The van der Waals surface area contributed by atoms with Gasteiger partial charge in [-0.05, 0) is 43.5 Å². The van der Waals surface area contributed by atoms with E-state index in [0.29, 0.717) is 5.56 Å². The molecule has 4 nitrogen and oxygen atoms in total. The van der Waals surface area contributed by atoms with Crippen LogP contribution in [0.15, 0.2) is 53.7 Å². The van der Waals surface area contributed by atoms with Gasteiger partial charge in [0.25, 0.3) is 0 Å². The number of carbonyl (C=O) groups is 1. The molecule has 0 saturated carbocycles. The molecule has 0 aliphatic heterocycles. The summed E-state index contributed by atoms with van der Waals surface area (Å²) < 4.78 is 4.74. The van der Waals surface area contributed by atoms with Crippen molar-refractivity contribution >= 4 is 11.7 Å². The second-order valence-electron chi connectivity index (χ2n) is 5.70. The molecule has 1 atom stereocenters. The molecule has 0 radical (unpaired) electrons. The van der Waals surface area contributed by atoms with E-state index in [4.69, 9.17) is 9.57 Å². The lowest BCUT2D eigenvalue weighted by Gasteiger charge is -2.18. The smallest absolute Gasteiger partial charge is 0.337 e. The molecular formula is C20H23NO3. The van der Waals surface area contributed by atoms with Crippen LogP contribution in [0, 0.1) is 0 Å². The number of ether oxygens (including phenoxy) is 1. The van der Waals surface area contributed by atoms with Crippen LogP contribution >= 0.6 is 0 Å². The fourth-order valence-corrected chi connectivity index (χ4v) is 2.46. The van der Waals surface area contributed by atoms with Gasteiger partial charge in [-0.1, -0.05) is 48.5 Å². The summed E-state index contributed by atoms with van der Waals surface area (Å²) in [5.74, 6) is -0.336. The molecule has 0 saturated heterocycles. The summed E-state index contributed by atoms with van der Waals surface area (Å²) in [6, 6.07) is 15.5. The van der Waals surface area contributed by atoms with Gasteiger partial charge in [0, 0.05) is 5.56 Å². The van der Waals surface area contributed by atoms with Gasteiger partial charge in [0.05, 0.1) is 18.4 Å². The first-order valence-corrected chi connectivity index (χ1v) is 8.01. The maximum atomic E-state index is 11.6. The normalized spacial score (nSPS) is 11.5. The predicted octanol–water partition coefficient (Wildman–Crippen LogP) is 5.00. The Bertz CT molecular complexity index is 716. The van der Waals surface area contributed by atoms with Gasteiger partial charge in [-0.2, -0.15) is 0 Å². The molecule has 0 heterocycles. The molecule has 1 unspecified atom stereocenters. The fourth-order valence-electron chi connectivity index (χ4n) is 2.46. The minimum atomic E-state index is -0.336. The Morgan fingerprint density at radius 1 is 1.08 bits per heavy atom. The minimum Gasteiger partial charge on any atom is -0.465 e. The predicted molar refractivity (Wildman–Crippen MR) is 96.1 cm³/mol. The van der Waals surface area contributed by atoms with Crippen molar-refractivity contribution in [3.8, 4) is 11.1 Å². The Morgan fingerprint density at radius 3 is 2.33 bits per heavy atom. The summed E-state index contributed by atoms with van der Waals surface area (Å²) in [4.78, 5) is 17.3. The van der Waals surface area contributed by atoms with Crippen molar-refractivity contribution in [2.75, 3.05) is 7.11 Å². The number of nitrogens with zero attached hydrogens (tertiary/aromatic N) is 1. The van der Waals surface area contributed by atoms with Crippen molar-refractivity contribution in [1.82, 2.24) is 0 Å². The van der Waals surface area contributed by atoms with Crippen molar-refractivity contribution < 1.29 is 14.4 Å². The number of esters is 1. The Hall–Kier alpha value is -2.62. The molecule has 0 fully saturated rings. The van der Waals surface area contributed by atoms with E-state index in [1.54, 1.807) is 12.1 Å². The Labute approximate surface area is 143 Å². The molecule has 0 N–H and O–H groups in total. The third-order valence-corrected chi connectivity index (χ3v) is 3.66. The van der Waals surface area contributed by atoms with Crippen molar-refractivity contribution in [3.05, 3.63) is 59.7 Å². The van der Waals surface area contributed by atoms with Crippen LogP contribution in [0.4, 0.5) is 0 Å². The number of oxime groups is 1. The van der Waals surface area contributed by atoms with E-state index >= 15 is 0 Å². The number of rotatable bonds is 6. The van der Waals surface area contributed by atoms with Crippen LogP contribution in [0.5, 0.6) is 0 Å². The standard InChI is InChI=1S/C20H23NO3/c1-5-19(24-21-14(2)3)18-9-7-6-8-17(18)15-10-12-16(13-11-15)20(22)23-4/h6-13,19H,5H2,1-4H3. The van der Waals surface area contributed by atoms with Crippen LogP contribution in [-0.2, 0) is 9.57 Å². The van der Waals surface area contributed by atoms with Crippen LogP contribution in [0.1, 0.15) is 49.2 Å². The zero-order valence-electron chi connectivity index (χ0n) is 14.6. The largest absolute Gasteiger partial charge is 0.465 e. The first-order chi connectivity index (χ1) is 11.6. The lowest BCUT2D eigenvalue weighted by atomic mass is 9.94. The number of hydrogen-bond acceptors (Lipinski definition) is 4. The first kappa shape index (κ1) is 17.7. The zero-order valence-corrected chi connectivity index (χ0v) is 14.6. The highest BCUT2D eigenvalue weighted by Crippen LogP contribution is 2.32. The molecule has 0 amide bonds. The second kappa shape index (κ2) is 8.29. The van der Waals surface area contributed by atoms with Crippen molar-refractivity contribution in [2.24, 2.45) is 5.16 Å². The second-order valence-corrected chi connectivity index (χ2v) is 5.70. The molecule has 0 aliphatic carbocycles. The monoisotopic (exact) mass is 325 g/mol. The molecule has 2 aromatic carbocycles. The summed E-state index contributed by atoms with van der Waals surface area (Å²) in [6.45, 7) is 5.89. The third kappa shape index (κ3) is 4.22. The van der Waals surface area contributed by atoms with Crippen LogP contribution in [0.25, 0.3) is 11.1 Å². The average Bonchev–Trinajstić information content (AvgIpc) is 2.62. The molecule has 0 spiro atoms. The highest BCUT2D eigenvalue weighted by atomic mass is 16.6. The van der Waals surface area contributed by atoms with E-state index in [2.05, 4.69) is 24.2 Å².